The molecule has 27 heavy (non-hydrogen) atoms. The lowest BCUT2D eigenvalue weighted by atomic mass is 10.1. The monoisotopic (exact) mass is 418 g/mol. The van der Waals surface area contributed by atoms with Gasteiger partial charge in [-0.25, -0.2) is 4.99 Å². The zero-order valence-corrected chi connectivity index (χ0v) is 15.3. The Bertz CT molecular complexity index is 903. The summed E-state index contributed by atoms with van der Waals surface area (Å²) >= 11 is 11.9. The maximum atomic E-state index is 12.6. The molecular weight excluding hydrogens is 405 g/mol. The second-order valence-electron chi connectivity index (χ2n) is 5.89. The van der Waals surface area contributed by atoms with Gasteiger partial charge in [-0.15, -0.1) is 0 Å². The van der Waals surface area contributed by atoms with E-state index < -0.39 is 12.5 Å². The lowest BCUT2D eigenvalue weighted by Crippen LogP contribution is -2.13. The van der Waals surface area contributed by atoms with Crippen molar-refractivity contribution in [2.75, 3.05) is 6.61 Å². The number of benzene rings is 1. The van der Waals surface area contributed by atoms with Crippen LogP contribution in [-0.4, -0.2) is 29.1 Å². The molecule has 3 rings (SSSR count). The molecule has 10 heteroatoms. The third-order valence-corrected chi connectivity index (χ3v) is 4.29. The number of ether oxygens (including phenoxy) is 2. The second kappa shape index (κ2) is 8.14. The molecular formula is C17H14Cl2F2N2O4. The molecule has 0 radical (unpaired) electrons. The van der Waals surface area contributed by atoms with E-state index in [0.29, 0.717) is 17.3 Å². The van der Waals surface area contributed by atoms with Crippen molar-refractivity contribution in [3.8, 4) is 11.5 Å². The zero-order valence-electron chi connectivity index (χ0n) is 13.7. The minimum absolute atomic E-state index is 0.0327. The van der Waals surface area contributed by atoms with Crippen LogP contribution in [0.5, 0.6) is 11.5 Å². The number of hydrogen-bond donors (Lipinski definition) is 1. The van der Waals surface area contributed by atoms with E-state index in [2.05, 4.69) is 9.73 Å². The van der Waals surface area contributed by atoms with E-state index in [0.717, 1.165) is 25.2 Å². The summed E-state index contributed by atoms with van der Waals surface area (Å²) in [5, 5.41) is 9.25. The lowest BCUT2D eigenvalue weighted by molar-refractivity contribution is -0.0499. The van der Waals surface area contributed by atoms with E-state index in [-0.39, 0.29) is 32.5 Å². The van der Waals surface area contributed by atoms with Crippen LogP contribution in [0.3, 0.4) is 0 Å². The first-order chi connectivity index (χ1) is 12.8. The van der Waals surface area contributed by atoms with Gasteiger partial charge in [0.15, 0.2) is 0 Å². The van der Waals surface area contributed by atoms with E-state index in [4.69, 9.17) is 27.9 Å². The summed E-state index contributed by atoms with van der Waals surface area (Å²) in [5.74, 6) is -0.412. The highest BCUT2D eigenvalue weighted by Gasteiger charge is 2.23. The van der Waals surface area contributed by atoms with Crippen LogP contribution in [0.2, 0.25) is 10.0 Å². The fourth-order valence-electron chi connectivity index (χ4n) is 2.24. The Hall–Kier alpha value is -2.32. The fourth-order valence-corrected chi connectivity index (χ4v) is 2.78. The molecule has 0 bridgehead atoms. The summed E-state index contributed by atoms with van der Waals surface area (Å²) in [4.78, 5) is 16.5. The maximum Gasteiger partial charge on any atom is 0.387 e. The molecule has 0 unspecified atom stereocenters. The molecule has 0 atom stereocenters. The first-order valence-electron chi connectivity index (χ1n) is 7.90. The average Bonchev–Trinajstić information content (AvgIpc) is 3.40. The Kier molecular flexibility index (Phi) is 5.86. The molecule has 1 saturated carbocycles. The first-order valence-corrected chi connectivity index (χ1v) is 8.66. The molecule has 2 aromatic rings. The van der Waals surface area contributed by atoms with E-state index in [1.165, 1.54) is 18.2 Å². The van der Waals surface area contributed by atoms with Crippen LogP contribution in [0.15, 0.2) is 35.6 Å². The number of nitrogens with zero attached hydrogens (tertiary/aromatic N) is 2. The van der Waals surface area contributed by atoms with Gasteiger partial charge in [-0.05, 0) is 30.9 Å². The maximum absolute atomic E-state index is 12.6. The number of hydrogen-bond acceptors (Lipinski definition) is 4. The van der Waals surface area contributed by atoms with Gasteiger partial charge < -0.3 is 14.7 Å². The third-order valence-electron chi connectivity index (χ3n) is 3.74. The van der Waals surface area contributed by atoms with E-state index in [1.807, 2.05) is 0 Å². The van der Waals surface area contributed by atoms with Crippen LogP contribution in [-0.2, 0) is 0 Å². The summed E-state index contributed by atoms with van der Waals surface area (Å²) in [5.41, 5.74) is 0.0464. The molecule has 1 heterocycles. The molecule has 1 aliphatic carbocycles. The van der Waals surface area contributed by atoms with Crippen molar-refractivity contribution >= 4 is 29.1 Å². The molecule has 6 nitrogen and oxygen atoms in total. The van der Waals surface area contributed by atoms with E-state index >= 15 is 0 Å². The summed E-state index contributed by atoms with van der Waals surface area (Å²) < 4.78 is 35.5. The molecule has 144 valence electrons. The van der Waals surface area contributed by atoms with Gasteiger partial charge in [0.25, 0.3) is 5.91 Å². The van der Waals surface area contributed by atoms with Gasteiger partial charge in [0.05, 0.1) is 34.6 Å². The topological polar surface area (TPSA) is 73.1 Å². The Morgan fingerprint density at radius 2 is 1.96 bits per heavy atom. The summed E-state index contributed by atoms with van der Waals surface area (Å²) in [6.45, 7) is -2.64. The molecule has 1 amide bonds. The minimum atomic E-state index is -3.00. The number of carbonyl (C=O) groups excluding carboxylic acids is 1. The standard InChI is InChI=1S/C17H14Cl2F2N2O4/c18-12-6-23(25)7-13(19)15(12)22-16(24)11-4-3-10(27-17(20)21)5-14(11)26-8-9-1-2-9/h3-7,9,17,25H,1-2,8H2. The number of pyridine rings is 1. The van der Waals surface area contributed by atoms with Gasteiger partial charge >= 0.3 is 6.61 Å². The van der Waals surface area contributed by atoms with Crippen molar-refractivity contribution < 1.29 is 28.3 Å². The summed E-state index contributed by atoms with van der Waals surface area (Å²) in [7, 11) is 0. The van der Waals surface area contributed by atoms with Crippen LogP contribution in [0.25, 0.3) is 0 Å². The van der Waals surface area contributed by atoms with Gasteiger partial charge in [-0.1, -0.05) is 23.2 Å². The molecule has 1 fully saturated rings. The SMILES string of the molecule is O=C(N=c1c(Cl)cn(O)cc1Cl)c1ccc(OC(F)F)cc1OCC1CC1. The van der Waals surface area contributed by atoms with Gasteiger partial charge in [0, 0.05) is 6.07 Å². The number of aromatic nitrogens is 1. The molecule has 1 aliphatic rings. The number of rotatable bonds is 6. The van der Waals surface area contributed by atoms with Crippen molar-refractivity contribution in [3.05, 3.63) is 51.6 Å². The molecule has 0 spiro atoms. The van der Waals surface area contributed by atoms with Crippen LogP contribution in [0.4, 0.5) is 8.78 Å². The molecule has 0 aliphatic heterocycles. The van der Waals surface area contributed by atoms with Crippen LogP contribution >= 0.6 is 23.2 Å². The highest BCUT2D eigenvalue weighted by atomic mass is 35.5. The lowest BCUT2D eigenvalue weighted by Gasteiger charge is -2.12. The Morgan fingerprint density at radius 1 is 1.30 bits per heavy atom. The van der Waals surface area contributed by atoms with Gasteiger partial charge in [-0.2, -0.15) is 13.5 Å². The van der Waals surface area contributed by atoms with Gasteiger partial charge in [-0.3, -0.25) is 4.79 Å². The zero-order chi connectivity index (χ0) is 19.6. The number of halogens is 4. The number of carbonyl (C=O) groups is 1. The number of alkyl halides is 2. The smallest absolute Gasteiger partial charge is 0.387 e. The van der Waals surface area contributed by atoms with Crippen molar-refractivity contribution in [2.45, 2.75) is 19.5 Å². The largest absolute Gasteiger partial charge is 0.492 e. The van der Waals surface area contributed by atoms with Crippen LogP contribution < -0.4 is 14.8 Å². The Balaban J connectivity index is 1.96. The van der Waals surface area contributed by atoms with E-state index in [9.17, 15) is 18.8 Å². The van der Waals surface area contributed by atoms with Gasteiger partial charge in [0.2, 0.25) is 0 Å². The van der Waals surface area contributed by atoms with Crippen molar-refractivity contribution in [3.63, 3.8) is 0 Å². The summed E-state index contributed by atoms with van der Waals surface area (Å²) in [6.07, 6.45) is 4.25. The van der Waals surface area contributed by atoms with Gasteiger partial charge in [0.1, 0.15) is 16.9 Å². The van der Waals surface area contributed by atoms with Crippen molar-refractivity contribution in [2.24, 2.45) is 10.9 Å². The minimum Gasteiger partial charge on any atom is -0.492 e. The van der Waals surface area contributed by atoms with Crippen LogP contribution in [0.1, 0.15) is 23.2 Å². The molecule has 0 saturated heterocycles. The second-order valence-corrected chi connectivity index (χ2v) is 6.70. The Labute approximate surface area is 162 Å². The molecule has 1 aromatic carbocycles. The predicted molar refractivity (Wildman–Crippen MR) is 92.8 cm³/mol. The first kappa shape index (κ1) is 19.4. The number of amides is 1. The van der Waals surface area contributed by atoms with E-state index in [1.54, 1.807) is 0 Å². The fraction of sp³-hybridized carbons (Fsp3) is 0.294. The quantitative estimate of drug-likeness (QED) is 0.714. The van der Waals surface area contributed by atoms with Crippen LogP contribution in [0, 0.1) is 5.92 Å². The summed E-state index contributed by atoms with van der Waals surface area (Å²) in [6, 6.07) is 3.71. The third kappa shape index (κ3) is 5.11. The highest BCUT2D eigenvalue weighted by Crippen LogP contribution is 2.32. The highest BCUT2D eigenvalue weighted by molar-refractivity contribution is 6.34. The normalized spacial score (nSPS) is 13.5. The van der Waals surface area contributed by atoms with Crippen molar-refractivity contribution in [1.82, 2.24) is 4.73 Å². The van der Waals surface area contributed by atoms with Crippen molar-refractivity contribution in [1.29, 1.82) is 0 Å². The Morgan fingerprint density at radius 3 is 2.56 bits per heavy atom. The average molecular weight is 419 g/mol. The predicted octanol–water partition coefficient (Wildman–Crippen LogP) is 4.16. The molecule has 1 N–H and O–H groups in total. The molecule has 1 aromatic heterocycles.